The standard InChI is InChI=1S/C27H25F2N3O5/c28-17-3-5-22(29)16(8-17)13-31-25(34)11-19-10-21-20-9-18(32-27(35)15-2-1-7-30-12-15)4-6-23(20)37-26(21)24(14-33)36-19/h1-9,12,19,21,24,26,33H,10-11,13-14H2,(H,31,34)(H,32,35)/t19-,21-,24-,26+/m1/s1. The predicted octanol–water partition coefficient (Wildman–Crippen LogP) is 3.31. The number of benzene rings is 2. The van der Waals surface area contributed by atoms with Crippen LogP contribution in [0, 0.1) is 11.6 Å². The van der Waals surface area contributed by atoms with Crippen LogP contribution in [-0.2, 0) is 16.1 Å². The number of ether oxygens (including phenoxy) is 2. The molecule has 2 aromatic carbocycles. The maximum Gasteiger partial charge on any atom is 0.257 e. The number of carbonyl (C=O) groups is 2. The van der Waals surface area contributed by atoms with E-state index in [9.17, 15) is 23.5 Å². The monoisotopic (exact) mass is 509 g/mol. The molecule has 4 atom stereocenters. The van der Waals surface area contributed by atoms with Crippen LogP contribution in [0.25, 0.3) is 0 Å². The maximum absolute atomic E-state index is 13.9. The number of carbonyl (C=O) groups excluding carboxylic acids is 2. The zero-order valence-electron chi connectivity index (χ0n) is 19.7. The van der Waals surface area contributed by atoms with E-state index in [1.54, 1.807) is 30.5 Å². The van der Waals surface area contributed by atoms with Crippen LogP contribution in [0.5, 0.6) is 5.75 Å². The number of nitrogens with one attached hydrogen (secondary N) is 2. The molecule has 0 bridgehead atoms. The molecule has 2 aliphatic rings. The van der Waals surface area contributed by atoms with Gasteiger partial charge in [0, 0.05) is 41.7 Å². The zero-order valence-corrected chi connectivity index (χ0v) is 19.7. The van der Waals surface area contributed by atoms with Crippen molar-refractivity contribution in [3.63, 3.8) is 0 Å². The average Bonchev–Trinajstić information content (AvgIpc) is 3.27. The lowest BCUT2D eigenvalue weighted by Crippen LogP contribution is -2.47. The molecule has 0 radical (unpaired) electrons. The molecule has 0 unspecified atom stereocenters. The molecule has 1 fully saturated rings. The molecule has 0 saturated carbocycles. The Labute approximate surface area is 211 Å². The Morgan fingerprint density at radius 1 is 1.14 bits per heavy atom. The number of aliphatic hydroxyl groups excluding tert-OH is 1. The first-order valence-corrected chi connectivity index (χ1v) is 11.9. The fraction of sp³-hybridized carbons (Fsp3) is 0.296. The van der Waals surface area contributed by atoms with E-state index in [1.165, 1.54) is 6.20 Å². The Kier molecular flexibility index (Phi) is 7.11. The summed E-state index contributed by atoms with van der Waals surface area (Å²) in [7, 11) is 0. The quantitative estimate of drug-likeness (QED) is 0.451. The van der Waals surface area contributed by atoms with Crippen molar-refractivity contribution in [2.45, 2.75) is 43.6 Å². The van der Waals surface area contributed by atoms with Crippen molar-refractivity contribution in [2.24, 2.45) is 0 Å². The predicted molar refractivity (Wildman–Crippen MR) is 129 cm³/mol. The van der Waals surface area contributed by atoms with Gasteiger partial charge in [0.25, 0.3) is 5.91 Å². The lowest BCUT2D eigenvalue weighted by atomic mass is 9.84. The molecule has 3 N–H and O–H groups in total. The van der Waals surface area contributed by atoms with Crippen molar-refractivity contribution in [1.82, 2.24) is 10.3 Å². The highest BCUT2D eigenvalue weighted by Crippen LogP contribution is 2.47. The van der Waals surface area contributed by atoms with Crippen LogP contribution in [0.2, 0.25) is 0 Å². The van der Waals surface area contributed by atoms with Gasteiger partial charge in [0.15, 0.2) is 0 Å². The van der Waals surface area contributed by atoms with Gasteiger partial charge in [0.1, 0.15) is 29.6 Å². The van der Waals surface area contributed by atoms with Gasteiger partial charge in [-0.1, -0.05) is 0 Å². The van der Waals surface area contributed by atoms with E-state index in [0.29, 0.717) is 23.4 Å². The van der Waals surface area contributed by atoms with Crippen molar-refractivity contribution in [1.29, 1.82) is 0 Å². The third kappa shape index (κ3) is 5.45. The number of rotatable bonds is 7. The first-order chi connectivity index (χ1) is 17.9. The molecule has 192 valence electrons. The Morgan fingerprint density at radius 3 is 2.78 bits per heavy atom. The van der Waals surface area contributed by atoms with Crippen LogP contribution in [0.3, 0.4) is 0 Å². The molecule has 0 aliphatic carbocycles. The number of hydrogen-bond donors (Lipinski definition) is 3. The molecule has 37 heavy (non-hydrogen) atoms. The summed E-state index contributed by atoms with van der Waals surface area (Å²) in [4.78, 5) is 29.1. The summed E-state index contributed by atoms with van der Waals surface area (Å²) in [6.45, 7) is -0.455. The van der Waals surface area contributed by atoms with E-state index < -0.39 is 29.9 Å². The van der Waals surface area contributed by atoms with E-state index in [0.717, 1.165) is 23.8 Å². The zero-order chi connectivity index (χ0) is 25.9. The van der Waals surface area contributed by atoms with Crippen LogP contribution < -0.4 is 15.4 Å². The third-order valence-electron chi connectivity index (χ3n) is 6.58. The first kappa shape index (κ1) is 24.8. The average molecular weight is 510 g/mol. The van der Waals surface area contributed by atoms with Gasteiger partial charge in [-0.3, -0.25) is 14.6 Å². The van der Waals surface area contributed by atoms with E-state index >= 15 is 0 Å². The van der Waals surface area contributed by atoms with Crippen molar-refractivity contribution in [3.8, 4) is 5.75 Å². The van der Waals surface area contributed by atoms with Crippen molar-refractivity contribution >= 4 is 17.5 Å². The van der Waals surface area contributed by atoms with Gasteiger partial charge in [0.2, 0.25) is 5.91 Å². The van der Waals surface area contributed by atoms with Gasteiger partial charge in [-0.2, -0.15) is 0 Å². The molecule has 10 heteroatoms. The molecule has 2 amide bonds. The van der Waals surface area contributed by atoms with Crippen LogP contribution in [0.1, 0.15) is 40.2 Å². The number of aromatic nitrogens is 1. The number of halogens is 2. The lowest BCUT2D eigenvalue weighted by Gasteiger charge is -2.37. The summed E-state index contributed by atoms with van der Waals surface area (Å²) in [5, 5.41) is 15.4. The minimum absolute atomic E-state index is 0.0244. The summed E-state index contributed by atoms with van der Waals surface area (Å²) in [5.74, 6) is -1.43. The van der Waals surface area contributed by atoms with Crippen molar-refractivity contribution < 1.29 is 33.0 Å². The van der Waals surface area contributed by atoms with Crippen molar-refractivity contribution in [3.05, 3.63) is 89.2 Å². The molecule has 2 aliphatic heterocycles. The Balaban J connectivity index is 1.26. The summed E-state index contributed by atoms with van der Waals surface area (Å²) in [6, 6.07) is 11.7. The van der Waals surface area contributed by atoms with Crippen LogP contribution in [0.4, 0.5) is 14.5 Å². The van der Waals surface area contributed by atoms with Gasteiger partial charge in [-0.05, 0) is 55.0 Å². The Morgan fingerprint density at radius 2 is 2.00 bits per heavy atom. The number of fused-ring (bicyclic) bond motifs is 3. The number of nitrogens with zero attached hydrogens (tertiary/aromatic N) is 1. The number of hydrogen-bond acceptors (Lipinski definition) is 6. The topological polar surface area (TPSA) is 110 Å². The van der Waals surface area contributed by atoms with Crippen LogP contribution >= 0.6 is 0 Å². The second-order valence-corrected chi connectivity index (χ2v) is 9.07. The second-order valence-electron chi connectivity index (χ2n) is 9.07. The van der Waals surface area contributed by atoms with Gasteiger partial charge in [-0.25, -0.2) is 8.78 Å². The largest absolute Gasteiger partial charge is 0.487 e. The van der Waals surface area contributed by atoms with Gasteiger partial charge < -0.3 is 25.2 Å². The highest BCUT2D eigenvalue weighted by molar-refractivity contribution is 6.04. The fourth-order valence-electron chi connectivity index (χ4n) is 4.82. The molecular formula is C27H25F2N3O5. The number of anilines is 1. The molecule has 1 saturated heterocycles. The summed E-state index contributed by atoms with van der Waals surface area (Å²) in [6.07, 6.45) is 1.86. The summed E-state index contributed by atoms with van der Waals surface area (Å²) >= 11 is 0. The van der Waals surface area contributed by atoms with E-state index in [2.05, 4.69) is 15.6 Å². The van der Waals surface area contributed by atoms with E-state index in [-0.39, 0.29) is 42.9 Å². The molecule has 3 aromatic rings. The number of aliphatic hydroxyl groups is 1. The minimum Gasteiger partial charge on any atom is -0.487 e. The SMILES string of the molecule is O=C(C[C@H]1C[C@@H]2c3cc(NC(=O)c4cccnc4)ccc3O[C@@H]2[C@@H](CO)O1)NCc1cc(F)ccc1F. The first-order valence-electron chi connectivity index (χ1n) is 11.9. The normalized spacial score (nSPS) is 21.9. The minimum atomic E-state index is -0.655. The van der Waals surface area contributed by atoms with Gasteiger partial charge in [-0.15, -0.1) is 0 Å². The molecule has 8 nitrogen and oxygen atoms in total. The Bertz CT molecular complexity index is 1310. The van der Waals surface area contributed by atoms with Crippen LogP contribution in [0.15, 0.2) is 60.9 Å². The fourth-order valence-corrected chi connectivity index (χ4v) is 4.82. The van der Waals surface area contributed by atoms with Crippen LogP contribution in [-0.4, -0.2) is 46.8 Å². The molecule has 5 rings (SSSR count). The Hall–Kier alpha value is -3.89. The smallest absolute Gasteiger partial charge is 0.257 e. The molecular weight excluding hydrogens is 484 g/mol. The molecule has 3 heterocycles. The lowest BCUT2D eigenvalue weighted by molar-refractivity contribution is -0.142. The molecule has 1 aromatic heterocycles. The second kappa shape index (κ2) is 10.6. The van der Waals surface area contributed by atoms with Gasteiger partial charge in [0.05, 0.1) is 24.7 Å². The van der Waals surface area contributed by atoms with E-state index in [1.807, 2.05) is 6.07 Å². The summed E-state index contributed by atoms with van der Waals surface area (Å²) < 4.78 is 39.3. The molecule has 0 spiro atoms. The number of pyridine rings is 1. The third-order valence-corrected chi connectivity index (χ3v) is 6.58. The van der Waals surface area contributed by atoms with Crippen molar-refractivity contribution in [2.75, 3.05) is 11.9 Å². The highest BCUT2D eigenvalue weighted by Gasteiger charge is 2.46. The summed E-state index contributed by atoms with van der Waals surface area (Å²) in [5.41, 5.74) is 1.90. The van der Waals surface area contributed by atoms with E-state index in [4.69, 9.17) is 9.47 Å². The highest BCUT2D eigenvalue weighted by atomic mass is 19.1. The number of amides is 2. The van der Waals surface area contributed by atoms with Gasteiger partial charge >= 0.3 is 0 Å². The maximum atomic E-state index is 13.9.